The number of carbonyl (C=O) groups is 2. The third-order valence-corrected chi connectivity index (χ3v) is 7.48. The molecule has 2 aromatic rings. The van der Waals surface area contributed by atoms with Crippen LogP contribution in [-0.4, -0.2) is 83.1 Å². The van der Waals surface area contributed by atoms with Gasteiger partial charge < -0.3 is 25.8 Å². The van der Waals surface area contributed by atoms with E-state index in [-0.39, 0.29) is 17.9 Å². The Kier molecular flexibility index (Phi) is 7.25. The van der Waals surface area contributed by atoms with Gasteiger partial charge in [-0.3, -0.25) is 4.79 Å². The summed E-state index contributed by atoms with van der Waals surface area (Å²) >= 11 is 6.36. The number of urea groups is 1. The SMILES string of the molecule is CN1CC[C@@H](NC(=O)N2CCC(Nc3nc(Nc4ccc5c(c4)CCC5=O)ncc3Cl)CC2)[C@@H](F)C1. The summed E-state index contributed by atoms with van der Waals surface area (Å²) in [7, 11) is 1.89. The first-order chi connectivity index (χ1) is 17.4. The van der Waals surface area contributed by atoms with Crippen LogP contribution in [0.4, 0.5) is 26.6 Å². The van der Waals surface area contributed by atoms with E-state index in [9.17, 15) is 14.0 Å². The number of Topliss-reactive ketones (excluding diaryl/α,β-unsaturated/α-hetero) is 1. The quantitative estimate of drug-likeness (QED) is 0.558. The van der Waals surface area contributed by atoms with Gasteiger partial charge >= 0.3 is 6.03 Å². The van der Waals surface area contributed by atoms with Gasteiger partial charge in [-0.2, -0.15) is 4.98 Å². The van der Waals surface area contributed by atoms with Crippen molar-refractivity contribution in [3.63, 3.8) is 0 Å². The van der Waals surface area contributed by atoms with Crippen LogP contribution >= 0.6 is 11.6 Å². The number of alkyl halides is 1. The van der Waals surface area contributed by atoms with Gasteiger partial charge in [0, 0.05) is 49.9 Å². The molecule has 1 aromatic carbocycles. The molecular weight excluding hydrogens is 485 g/mol. The number of carbonyl (C=O) groups excluding carboxylic acids is 2. The number of fused-ring (bicyclic) bond motifs is 1. The zero-order chi connectivity index (χ0) is 25.2. The fraction of sp³-hybridized carbons (Fsp3) is 0.520. The van der Waals surface area contributed by atoms with E-state index in [1.807, 2.05) is 30.1 Å². The number of benzene rings is 1. The van der Waals surface area contributed by atoms with Gasteiger partial charge in [-0.05, 0) is 56.5 Å². The summed E-state index contributed by atoms with van der Waals surface area (Å²) in [5.41, 5.74) is 2.64. The highest BCUT2D eigenvalue weighted by molar-refractivity contribution is 6.32. The lowest BCUT2D eigenvalue weighted by Crippen LogP contribution is -2.55. The molecule has 2 saturated heterocycles. The monoisotopic (exact) mass is 515 g/mol. The normalized spacial score (nSPS) is 22.9. The third kappa shape index (κ3) is 5.54. The Bertz CT molecular complexity index is 1140. The molecule has 3 heterocycles. The van der Waals surface area contributed by atoms with Gasteiger partial charge in [-0.1, -0.05) is 11.6 Å². The van der Waals surface area contributed by atoms with Crippen LogP contribution in [0.5, 0.6) is 0 Å². The first-order valence-electron chi connectivity index (χ1n) is 12.5. The molecule has 5 rings (SSSR count). The molecule has 0 radical (unpaired) electrons. The van der Waals surface area contributed by atoms with Gasteiger partial charge in [-0.25, -0.2) is 14.2 Å². The van der Waals surface area contributed by atoms with E-state index in [1.54, 1.807) is 11.1 Å². The van der Waals surface area contributed by atoms with Crippen LogP contribution in [0.15, 0.2) is 24.4 Å². The number of anilines is 3. The van der Waals surface area contributed by atoms with Crippen LogP contribution in [0.1, 0.15) is 41.6 Å². The van der Waals surface area contributed by atoms with E-state index in [4.69, 9.17) is 11.6 Å². The second-order valence-electron chi connectivity index (χ2n) is 9.84. The standard InChI is InChI=1S/C25H31ClFN7O2/c1-33-9-8-21(20(27)14-33)31-25(36)34-10-6-16(7-11-34)29-23-19(26)13-28-24(32-23)30-17-3-4-18-15(12-17)2-5-22(18)35/h3-4,12-13,16,20-21H,2,5-11,14H2,1H3,(H,31,36)(H2,28,29,30,32)/t20-,21+/m0/s1. The number of nitrogens with zero attached hydrogens (tertiary/aromatic N) is 4. The Labute approximate surface area is 214 Å². The van der Waals surface area contributed by atoms with Crippen LogP contribution in [0.3, 0.4) is 0 Å². The minimum Gasteiger partial charge on any atom is -0.366 e. The molecule has 2 atom stereocenters. The van der Waals surface area contributed by atoms with Gasteiger partial charge in [0.25, 0.3) is 0 Å². The van der Waals surface area contributed by atoms with Gasteiger partial charge in [-0.15, -0.1) is 0 Å². The number of amides is 2. The van der Waals surface area contributed by atoms with Crippen molar-refractivity contribution in [3.8, 4) is 0 Å². The lowest BCUT2D eigenvalue weighted by molar-refractivity contribution is 0.0994. The van der Waals surface area contributed by atoms with E-state index in [0.29, 0.717) is 49.3 Å². The van der Waals surface area contributed by atoms with E-state index in [2.05, 4.69) is 25.9 Å². The zero-order valence-electron chi connectivity index (χ0n) is 20.3. The second kappa shape index (κ2) is 10.6. The molecule has 1 aliphatic carbocycles. The molecule has 2 aliphatic heterocycles. The van der Waals surface area contributed by atoms with E-state index >= 15 is 0 Å². The molecule has 3 aliphatic rings. The van der Waals surface area contributed by atoms with Gasteiger partial charge in [0.2, 0.25) is 5.95 Å². The van der Waals surface area contributed by atoms with Crippen LogP contribution in [0.25, 0.3) is 0 Å². The summed E-state index contributed by atoms with van der Waals surface area (Å²) < 4.78 is 14.3. The number of halogens is 2. The largest absolute Gasteiger partial charge is 0.366 e. The topological polar surface area (TPSA) is 102 Å². The highest BCUT2D eigenvalue weighted by Crippen LogP contribution is 2.28. The number of rotatable bonds is 5. The number of likely N-dealkylation sites (tertiary alicyclic amines) is 2. The highest BCUT2D eigenvalue weighted by atomic mass is 35.5. The summed E-state index contributed by atoms with van der Waals surface area (Å²) in [6.45, 7) is 2.25. The maximum atomic E-state index is 14.3. The van der Waals surface area contributed by atoms with Crippen LogP contribution in [0.2, 0.25) is 5.02 Å². The average Bonchev–Trinajstić information content (AvgIpc) is 3.23. The highest BCUT2D eigenvalue weighted by Gasteiger charge is 2.31. The van der Waals surface area contributed by atoms with Crippen LogP contribution in [-0.2, 0) is 6.42 Å². The third-order valence-electron chi connectivity index (χ3n) is 7.20. The van der Waals surface area contributed by atoms with Crippen molar-refractivity contribution in [1.29, 1.82) is 0 Å². The molecule has 0 unspecified atom stereocenters. The maximum Gasteiger partial charge on any atom is 0.317 e. The van der Waals surface area contributed by atoms with Crippen molar-refractivity contribution in [2.45, 2.75) is 50.4 Å². The summed E-state index contributed by atoms with van der Waals surface area (Å²) in [4.78, 5) is 37.0. The Morgan fingerprint density at radius 3 is 2.75 bits per heavy atom. The first-order valence-corrected chi connectivity index (χ1v) is 12.8. The van der Waals surface area contributed by atoms with Crippen molar-refractivity contribution in [1.82, 2.24) is 25.1 Å². The van der Waals surface area contributed by atoms with Gasteiger partial charge in [0.05, 0.1) is 12.2 Å². The van der Waals surface area contributed by atoms with Crippen molar-refractivity contribution >= 4 is 40.9 Å². The predicted octanol–water partition coefficient (Wildman–Crippen LogP) is 3.63. The molecule has 0 saturated carbocycles. The molecule has 2 amide bonds. The molecule has 9 nitrogen and oxygen atoms in total. The summed E-state index contributed by atoms with van der Waals surface area (Å²) in [5.74, 6) is 1.12. The van der Waals surface area contributed by atoms with E-state index in [1.165, 1.54) is 0 Å². The molecule has 0 bridgehead atoms. The van der Waals surface area contributed by atoms with Gasteiger partial charge in [0.15, 0.2) is 11.6 Å². The molecule has 3 N–H and O–H groups in total. The number of hydrogen-bond acceptors (Lipinski definition) is 7. The molecular formula is C25H31ClFN7O2. The minimum atomic E-state index is -1.05. The Hall–Kier alpha value is -2.98. The lowest BCUT2D eigenvalue weighted by Gasteiger charge is -2.36. The van der Waals surface area contributed by atoms with Crippen molar-refractivity contribution < 1.29 is 14.0 Å². The van der Waals surface area contributed by atoms with E-state index in [0.717, 1.165) is 42.6 Å². The lowest BCUT2D eigenvalue weighted by atomic mass is 10.0. The molecule has 192 valence electrons. The van der Waals surface area contributed by atoms with Crippen LogP contribution in [0, 0.1) is 0 Å². The maximum absolute atomic E-state index is 14.3. The minimum absolute atomic E-state index is 0.0950. The number of hydrogen-bond donors (Lipinski definition) is 3. The molecule has 2 fully saturated rings. The predicted molar refractivity (Wildman–Crippen MR) is 137 cm³/mol. The van der Waals surface area contributed by atoms with Crippen molar-refractivity contribution in [2.75, 3.05) is 43.9 Å². The summed E-state index contributed by atoms with van der Waals surface area (Å²) in [6, 6.07) is 5.12. The summed E-state index contributed by atoms with van der Waals surface area (Å²) in [6.07, 6.45) is 3.87. The molecule has 11 heteroatoms. The Morgan fingerprint density at radius 1 is 1.17 bits per heavy atom. The summed E-state index contributed by atoms with van der Waals surface area (Å²) in [5, 5.41) is 9.87. The molecule has 1 aromatic heterocycles. The number of nitrogens with one attached hydrogen (secondary N) is 3. The van der Waals surface area contributed by atoms with E-state index < -0.39 is 12.2 Å². The molecule has 0 spiro atoms. The first kappa shape index (κ1) is 24.7. The number of ketones is 1. The van der Waals surface area contributed by atoms with Crippen LogP contribution < -0.4 is 16.0 Å². The average molecular weight is 516 g/mol. The number of aryl methyl sites for hydroxylation is 1. The number of piperidine rings is 2. The smallest absolute Gasteiger partial charge is 0.317 e. The van der Waals surface area contributed by atoms with Crippen molar-refractivity contribution in [2.24, 2.45) is 0 Å². The van der Waals surface area contributed by atoms with Crippen molar-refractivity contribution in [3.05, 3.63) is 40.5 Å². The fourth-order valence-electron chi connectivity index (χ4n) is 5.08. The number of aromatic nitrogens is 2. The Morgan fingerprint density at radius 2 is 1.97 bits per heavy atom. The fourth-order valence-corrected chi connectivity index (χ4v) is 5.23. The zero-order valence-corrected chi connectivity index (χ0v) is 21.0. The molecule has 36 heavy (non-hydrogen) atoms. The van der Waals surface area contributed by atoms with Gasteiger partial charge in [0.1, 0.15) is 11.2 Å². The second-order valence-corrected chi connectivity index (χ2v) is 10.2. The Balaban J connectivity index is 1.14.